The van der Waals surface area contributed by atoms with Gasteiger partial charge in [-0.15, -0.1) is 12.4 Å². The van der Waals surface area contributed by atoms with E-state index in [1.165, 1.54) is 17.3 Å². The minimum atomic E-state index is -3.64. The van der Waals surface area contributed by atoms with Gasteiger partial charge in [-0.3, -0.25) is 4.72 Å². The van der Waals surface area contributed by atoms with Crippen molar-refractivity contribution in [1.82, 2.24) is 14.9 Å². The Bertz CT molecular complexity index is 767. The number of imidazole rings is 1. The van der Waals surface area contributed by atoms with Gasteiger partial charge in [0.15, 0.2) is 5.03 Å². The molecule has 8 heteroatoms. The lowest BCUT2D eigenvalue weighted by atomic mass is 10.0. The zero-order chi connectivity index (χ0) is 15.0. The number of aromatic nitrogens is 2. The fraction of sp³-hybridized carbons (Fsp3) is 0.357. The van der Waals surface area contributed by atoms with Gasteiger partial charge in [0.05, 0.1) is 0 Å². The molecule has 0 saturated carbocycles. The third kappa shape index (κ3) is 3.26. The van der Waals surface area contributed by atoms with Crippen molar-refractivity contribution in [2.45, 2.75) is 24.9 Å². The minimum absolute atomic E-state index is 0. The van der Waals surface area contributed by atoms with Gasteiger partial charge in [-0.2, -0.15) is 8.42 Å². The molecule has 0 atom stereocenters. The van der Waals surface area contributed by atoms with E-state index in [-0.39, 0.29) is 17.4 Å². The largest absolute Gasteiger partial charge is 0.337 e. The highest BCUT2D eigenvalue weighted by Crippen LogP contribution is 2.21. The van der Waals surface area contributed by atoms with Crippen molar-refractivity contribution in [2.75, 3.05) is 11.3 Å². The predicted molar refractivity (Wildman–Crippen MR) is 87.9 cm³/mol. The Morgan fingerprint density at radius 2 is 2.09 bits per heavy atom. The number of rotatable bonds is 3. The summed E-state index contributed by atoms with van der Waals surface area (Å²) in [6.07, 6.45) is 2.42. The molecule has 1 aliphatic heterocycles. The second-order valence-corrected chi connectivity index (χ2v) is 6.88. The number of aryl methyl sites for hydroxylation is 2. The Morgan fingerprint density at radius 3 is 2.77 bits per heavy atom. The summed E-state index contributed by atoms with van der Waals surface area (Å²) in [4.78, 5) is 4.07. The van der Waals surface area contributed by atoms with Gasteiger partial charge in [0.2, 0.25) is 0 Å². The number of anilines is 1. The van der Waals surface area contributed by atoms with E-state index in [0.717, 1.165) is 19.5 Å². The SMILES string of the molecule is Cc1nc(S(=O)(=O)Nc2ccc3c(c2)CCNC3)cn1C.Cl. The van der Waals surface area contributed by atoms with E-state index in [4.69, 9.17) is 0 Å². The Hall–Kier alpha value is -1.57. The van der Waals surface area contributed by atoms with E-state index in [1.54, 1.807) is 24.6 Å². The van der Waals surface area contributed by atoms with E-state index in [1.807, 2.05) is 12.1 Å². The number of nitrogens with one attached hydrogen (secondary N) is 2. The number of nitrogens with zero attached hydrogens (tertiary/aromatic N) is 2. The van der Waals surface area contributed by atoms with Crippen molar-refractivity contribution in [3.05, 3.63) is 41.3 Å². The Kier molecular flexibility index (Phi) is 4.79. The summed E-state index contributed by atoms with van der Waals surface area (Å²) >= 11 is 0. The molecule has 1 aliphatic rings. The van der Waals surface area contributed by atoms with Crippen LogP contribution < -0.4 is 10.0 Å². The Balaban J connectivity index is 0.00000176. The molecule has 120 valence electrons. The molecule has 2 N–H and O–H groups in total. The molecule has 2 aromatic rings. The van der Waals surface area contributed by atoms with Crippen LogP contribution in [0.4, 0.5) is 5.69 Å². The number of benzene rings is 1. The highest BCUT2D eigenvalue weighted by molar-refractivity contribution is 7.92. The van der Waals surface area contributed by atoms with E-state index in [9.17, 15) is 8.42 Å². The van der Waals surface area contributed by atoms with Crippen LogP contribution in [-0.2, 0) is 30.0 Å². The van der Waals surface area contributed by atoms with E-state index in [2.05, 4.69) is 15.0 Å². The van der Waals surface area contributed by atoms with Crippen LogP contribution in [0.15, 0.2) is 29.4 Å². The molecule has 0 radical (unpaired) electrons. The van der Waals surface area contributed by atoms with Crippen LogP contribution in [0, 0.1) is 6.92 Å². The van der Waals surface area contributed by atoms with Crippen molar-refractivity contribution >= 4 is 28.1 Å². The minimum Gasteiger partial charge on any atom is -0.337 e. The summed E-state index contributed by atoms with van der Waals surface area (Å²) in [5.74, 6) is 0.659. The lowest BCUT2D eigenvalue weighted by molar-refractivity contribution is 0.598. The lowest BCUT2D eigenvalue weighted by Gasteiger charge is -2.18. The summed E-state index contributed by atoms with van der Waals surface area (Å²) in [7, 11) is -1.87. The molecular formula is C14H19ClN4O2S. The third-order valence-electron chi connectivity index (χ3n) is 3.71. The second kappa shape index (κ2) is 6.28. The third-order valence-corrected chi connectivity index (χ3v) is 4.96. The first-order chi connectivity index (χ1) is 9.95. The first kappa shape index (κ1) is 16.8. The fourth-order valence-electron chi connectivity index (χ4n) is 2.40. The fourth-order valence-corrected chi connectivity index (χ4v) is 3.49. The van der Waals surface area contributed by atoms with E-state index >= 15 is 0 Å². The van der Waals surface area contributed by atoms with Gasteiger partial charge in [0.25, 0.3) is 10.0 Å². The summed E-state index contributed by atoms with van der Waals surface area (Å²) < 4.78 is 29.0. The first-order valence-electron chi connectivity index (χ1n) is 6.81. The van der Waals surface area contributed by atoms with Crippen molar-refractivity contribution in [3.63, 3.8) is 0 Å². The van der Waals surface area contributed by atoms with Crippen LogP contribution >= 0.6 is 12.4 Å². The number of hydrogen-bond donors (Lipinski definition) is 2. The van der Waals surface area contributed by atoms with Crippen molar-refractivity contribution in [2.24, 2.45) is 7.05 Å². The van der Waals surface area contributed by atoms with Gasteiger partial charge in [0, 0.05) is 25.5 Å². The van der Waals surface area contributed by atoms with Gasteiger partial charge in [-0.05, 0) is 43.1 Å². The average molecular weight is 343 g/mol. The predicted octanol–water partition coefficient (Wildman–Crippen LogP) is 1.60. The van der Waals surface area contributed by atoms with Gasteiger partial charge >= 0.3 is 0 Å². The van der Waals surface area contributed by atoms with E-state index in [0.29, 0.717) is 11.5 Å². The van der Waals surface area contributed by atoms with Crippen LogP contribution in [0.1, 0.15) is 17.0 Å². The molecule has 0 aliphatic carbocycles. The number of sulfonamides is 1. The molecule has 6 nitrogen and oxygen atoms in total. The molecular weight excluding hydrogens is 324 g/mol. The highest BCUT2D eigenvalue weighted by atomic mass is 35.5. The van der Waals surface area contributed by atoms with Gasteiger partial charge in [-0.1, -0.05) is 6.07 Å². The van der Waals surface area contributed by atoms with Crippen LogP contribution in [0.2, 0.25) is 0 Å². The zero-order valence-electron chi connectivity index (χ0n) is 12.5. The van der Waals surface area contributed by atoms with Crippen molar-refractivity contribution in [3.8, 4) is 0 Å². The molecule has 0 amide bonds. The van der Waals surface area contributed by atoms with Gasteiger partial charge < -0.3 is 9.88 Å². The summed E-state index contributed by atoms with van der Waals surface area (Å²) in [5, 5.41) is 3.34. The zero-order valence-corrected chi connectivity index (χ0v) is 14.1. The standard InChI is InChI=1S/C14H18N4O2S.ClH/c1-10-16-14(9-18(10)2)21(19,20)17-13-4-3-12-8-15-6-5-11(12)7-13;/h3-4,7,9,15,17H,5-6,8H2,1-2H3;1H. The van der Waals surface area contributed by atoms with Gasteiger partial charge in [-0.25, -0.2) is 4.98 Å². The van der Waals surface area contributed by atoms with Crippen molar-refractivity contribution in [1.29, 1.82) is 0 Å². The Morgan fingerprint density at radius 1 is 1.32 bits per heavy atom. The van der Waals surface area contributed by atoms with E-state index < -0.39 is 10.0 Å². The van der Waals surface area contributed by atoms with Crippen LogP contribution in [0.5, 0.6) is 0 Å². The van der Waals surface area contributed by atoms with Gasteiger partial charge in [0.1, 0.15) is 5.82 Å². The molecule has 1 aromatic carbocycles. The smallest absolute Gasteiger partial charge is 0.280 e. The molecule has 0 bridgehead atoms. The lowest BCUT2D eigenvalue weighted by Crippen LogP contribution is -2.23. The second-order valence-electron chi connectivity index (χ2n) is 5.25. The quantitative estimate of drug-likeness (QED) is 0.888. The maximum Gasteiger partial charge on any atom is 0.280 e. The van der Waals surface area contributed by atoms with Crippen LogP contribution in [0.25, 0.3) is 0 Å². The number of halogens is 1. The molecule has 0 fully saturated rings. The van der Waals surface area contributed by atoms with Crippen LogP contribution in [0.3, 0.4) is 0 Å². The summed E-state index contributed by atoms with van der Waals surface area (Å²) in [6, 6.07) is 5.66. The topological polar surface area (TPSA) is 76.0 Å². The number of fused-ring (bicyclic) bond motifs is 1. The molecule has 2 heterocycles. The first-order valence-corrected chi connectivity index (χ1v) is 8.29. The molecule has 22 heavy (non-hydrogen) atoms. The van der Waals surface area contributed by atoms with Crippen LogP contribution in [-0.4, -0.2) is 24.5 Å². The summed E-state index contributed by atoms with van der Waals surface area (Å²) in [6.45, 7) is 3.52. The molecule has 0 spiro atoms. The normalized spacial score (nSPS) is 14.1. The maximum atomic E-state index is 12.3. The molecule has 0 unspecified atom stereocenters. The number of hydrogen-bond acceptors (Lipinski definition) is 4. The molecule has 0 saturated heterocycles. The maximum absolute atomic E-state index is 12.3. The van der Waals surface area contributed by atoms with Crippen molar-refractivity contribution < 1.29 is 8.42 Å². The Labute approximate surface area is 136 Å². The highest BCUT2D eigenvalue weighted by Gasteiger charge is 2.19. The molecule has 3 rings (SSSR count). The monoisotopic (exact) mass is 342 g/mol. The average Bonchev–Trinajstić information content (AvgIpc) is 2.79. The molecule has 1 aromatic heterocycles. The summed E-state index contributed by atoms with van der Waals surface area (Å²) in [5.41, 5.74) is 2.99.